The molecule has 1 heterocycles. The molecule has 2 aromatic rings. The maximum atomic E-state index is 5.10. The summed E-state index contributed by atoms with van der Waals surface area (Å²) in [5.41, 5.74) is 1.33. The summed E-state index contributed by atoms with van der Waals surface area (Å²) in [6.45, 7) is 0.797. The summed E-state index contributed by atoms with van der Waals surface area (Å²) >= 11 is 0. The number of aryl methyl sites for hydroxylation is 1. The van der Waals surface area contributed by atoms with Crippen LogP contribution in [0.15, 0.2) is 36.4 Å². The fraction of sp³-hybridized carbons (Fsp3) is 0.333. The maximum absolute atomic E-state index is 5.10. The second kappa shape index (κ2) is 7.33. The number of ether oxygens (including phenoxy) is 2. The summed E-state index contributed by atoms with van der Waals surface area (Å²) in [6, 6.07) is 12.0. The molecule has 0 radical (unpaired) electrons. The van der Waals surface area contributed by atoms with Crippen LogP contribution in [-0.2, 0) is 6.42 Å². The lowest BCUT2D eigenvalue weighted by atomic mass is 10.1. The van der Waals surface area contributed by atoms with Crippen LogP contribution < -0.4 is 14.8 Å². The van der Waals surface area contributed by atoms with Crippen LogP contribution in [0.2, 0.25) is 0 Å². The first kappa shape index (κ1) is 14.1. The highest BCUT2D eigenvalue weighted by Crippen LogP contribution is 2.17. The topological polar surface area (TPSA) is 56.3 Å². The van der Waals surface area contributed by atoms with Crippen molar-refractivity contribution in [2.45, 2.75) is 12.8 Å². The van der Waals surface area contributed by atoms with Gasteiger partial charge in [0, 0.05) is 6.54 Å². The average Bonchev–Trinajstić information content (AvgIpc) is 2.52. The zero-order valence-electron chi connectivity index (χ0n) is 11.8. The fourth-order valence-corrected chi connectivity index (χ4v) is 1.83. The number of aromatic nitrogens is 2. The van der Waals surface area contributed by atoms with Gasteiger partial charge in [-0.05, 0) is 18.4 Å². The molecule has 0 aliphatic carbocycles. The van der Waals surface area contributed by atoms with Crippen molar-refractivity contribution >= 4 is 5.95 Å². The van der Waals surface area contributed by atoms with Gasteiger partial charge in [0.15, 0.2) is 0 Å². The van der Waals surface area contributed by atoms with Gasteiger partial charge in [-0.1, -0.05) is 30.3 Å². The molecule has 0 saturated carbocycles. The molecule has 1 aromatic carbocycles. The van der Waals surface area contributed by atoms with Crippen LogP contribution in [-0.4, -0.2) is 30.7 Å². The third-order valence-electron chi connectivity index (χ3n) is 2.87. The standard InChI is InChI=1S/C15H19N3O2/c1-19-13-11-14(20-2)18-15(17-13)16-10-6-9-12-7-4-3-5-8-12/h3-5,7-8,11H,6,9-10H2,1-2H3,(H,16,17,18). The molecule has 0 fully saturated rings. The van der Waals surface area contributed by atoms with E-state index < -0.39 is 0 Å². The highest BCUT2D eigenvalue weighted by molar-refractivity contribution is 5.33. The number of hydrogen-bond donors (Lipinski definition) is 1. The van der Waals surface area contributed by atoms with E-state index >= 15 is 0 Å². The van der Waals surface area contributed by atoms with Gasteiger partial charge >= 0.3 is 0 Å². The normalized spacial score (nSPS) is 10.1. The highest BCUT2D eigenvalue weighted by atomic mass is 16.5. The Balaban J connectivity index is 1.84. The summed E-state index contributed by atoms with van der Waals surface area (Å²) in [5.74, 6) is 1.50. The minimum atomic E-state index is 0.488. The zero-order valence-corrected chi connectivity index (χ0v) is 11.8. The van der Waals surface area contributed by atoms with Crippen molar-refractivity contribution in [3.8, 4) is 11.8 Å². The molecule has 2 rings (SSSR count). The summed E-state index contributed by atoms with van der Waals surface area (Å²) < 4.78 is 10.2. The van der Waals surface area contributed by atoms with Crippen molar-refractivity contribution < 1.29 is 9.47 Å². The second-order valence-corrected chi connectivity index (χ2v) is 4.29. The summed E-state index contributed by atoms with van der Waals surface area (Å²) in [5, 5.41) is 3.18. The van der Waals surface area contributed by atoms with Crippen LogP contribution in [0.5, 0.6) is 11.8 Å². The van der Waals surface area contributed by atoms with E-state index in [1.807, 2.05) is 6.07 Å². The van der Waals surface area contributed by atoms with Crippen LogP contribution in [0.25, 0.3) is 0 Å². The van der Waals surface area contributed by atoms with Crippen LogP contribution in [0.3, 0.4) is 0 Å². The number of methoxy groups -OCH3 is 2. The first-order valence-electron chi connectivity index (χ1n) is 6.56. The van der Waals surface area contributed by atoms with Crippen LogP contribution in [0, 0.1) is 0 Å². The lowest BCUT2D eigenvalue weighted by molar-refractivity contribution is 0.373. The van der Waals surface area contributed by atoms with Gasteiger partial charge in [-0.25, -0.2) is 0 Å². The fourth-order valence-electron chi connectivity index (χ4n) is 1.83. The number of rotatable bonds is 7. The third-order valence-corrected chi connectivity index (χ3v) is 2.87. The Labute approximate surface area is 119 Å². The molecular formula is C15H19N3O2. The van der Waals surface area contributed by atoms with Gasteiger partial charge in [0.1, 0.15) is 0 Å². The van der Waals surface area contributed by atoms with Gasteiger partial charge in [-0.2, -0.15) is 9.97 Å². The molecular weight excluding hydrogens is 254 g/mol. The van der Waals surface area contributed by atoms with E-state index in [9.17, 15) is 0 Å². The van der Waals surface area contributed by atoms with Crippen molar-refractivity contribution in [3.63, 3.8) is 0 Å². The van der Waals surface area contributed by atoms with Crippen molar-refractivity contribution in [1.82, 2.24) is 9.97 Å². The second-order valence-electron chi connectivity index (χ2n) is 4.29. The van der Waals surface area contributed by atoms with Gasteiger partial charge < -0.3 is 14.8 Å². The van der Waals surface area contributed by atoms with Crippen LogP contribution >= 0.6 is 0 Å². The summed E-state index contributed by atoms with van der Waals surface area (Å²) in [6.07, 6.45) is 2.03. The average molecular weight is 273 g/mol. The molecule has 0 spiro atoms. The number of benzene rings is 1. The number of nitrogens with zero attached hydrogens (tertiary/aromatic N) is 2. The first-order valence-corrected chi connectivity index (χ1v) is 6.56. The van der Waals surface area contributed by atoms with E-state index in [0.717, 1.165) is 19.4 Å². The molecule has 0 bridgehead atoms. The molecule has 0 aliphatic rings. The predicted octanol–water partition coefficient (Wildman–Crippen LogP) is 2.54. The lowest BCUT2D eigenvalue weighted by Gasteiger charge is -2.08. The first-order chi connectivity index (χ1) is 9.81. The predicted molar refractivity (Wildman–Crippen MR) is 78.4 cm³/mol. The van der Waals surface area contributed by atoms with E-state index in [-0.39, 0.29) is 0 Å². The number of hydrogen-bond acceptors (Lipinski definition) is 5. The Bertz CT molecular complexity index is 510. The zero-order chi connectivity index (χ0) is 14.2. The Morgan fingerprint density at radius 2 is 1.65 bits per heavy atom. The molecule has 0 unspecified atom stereocenters. The Hall–Kier alpha value is -2.30. The molecule has 20 heavy (non-hydrogen) atoms. The quantitative estimate of drug-likeness (QED) is 0.786. The van der Waals surface area contributed by atoms with Gasteiger partial charge in [0.05, 0.1) is 20.3 Å². The van der Waals surface area contributed by atoms with Crippen molar-refractivity contribution in [2.75, 3.05) is 26.1 Å². The van der Waals surface area contributed by atoms with Gasteiger partial charge in [0.25, 0.3) is 0 Å². The largest absolute Gasteiger partial charge is 0.481 e. The molecule has 5 nitrogen and oxygen atoms in total. The Morgan fingerprint density at radius 3 is 2.25 bits per heavy atom. The molecule has 106 valence electrons. The smallest absolute Gasteiger partial charge is 0.229 e. The molecule has 5 heteroatoms. The third kappa shape index (κ3) is 4.12. The van der Waals surface area contributed by atoms with E-state index in [1.165, 1.54) is 5.56 Å². The molecule has 0 saturated heterocycles. The lowest BCUT2D eigenvalue weighted by Crippen LogP contribution is -2.07. The van der Waals surface area contributed by atoms with Crippen molar-refractivity contribution in [1.29, 1.82) is 0 Å². The van der Waals surface area contributed by atoms with E-state index in [1.54, 1.807) is 20.3 Å². The molecule has 1 aromatic heterocycles. The van der Waals surface area contributed by atoms with Crippen LogP contribution in [0.1, 0.15) is 12.0 Å². The van der Waals surface area contributed by atoms with E-state index in [2.05, 4.69) is 39.6 Å². The maximum Gasteiger partial charge on any atom is 0.229 e. The van der Waals surface area contributed by atoms with E-state index in [0.29, 0.717) is 17.7 Å². The minimum Gasteiger partial charge on any atom is -0.481 e. The van der Waals surface area contributed by atoms with Crippen molar-refractivity contribution in [2.24, 2.45) is 0 Å². The monoisotopic (exact) mass is 273 g/mol. The SMILES string of the molecule is COc1cc(OC)nc(NCCCc2ccccc2)n1. The Morgan fingerprint density at radius 1 is 1.00 bits per heavy atom. The number of nitrogens with one attached hydrogen (secondary N) is 1. The Kier molecular flexibility index (Phi) is 5.17. The minimum absolute atomic E-state index is 0.488. The van der Waals surface area contributed by atoms with Gasteiger partial charge in [0.2, 0.25) is 17.7 Å². The van der Waals surface area contributed by atoms with Gasteiger partial charge in [-0.3, -0.25) is 0 Å². The highest BCUT2D eigenvalue weighted by Gasteiger charge is 2.04. The van der Waals surface area contributed by atoms with E-state index in [4.69, 9.17) is 9.47 Å². The summed E-state index contributed by atoms with van der Waals surface area (Å²) in [7, 11) is 3.14. The summed E-state index contributed by atoms with van der Waals surface area (Å²) in [4.78, 5) is 8.44. The van der Waals surface area contributed by atoms with Crippen molar-refractivity contribution in [3.05, 3.63) is 42.0 Å². The van der Waals surface area contributed by atoms with Gasteiger partial charge in [-0.15, -0.1) is 0 Å². The molecule has 1 N–H and O–H groups in total. The molecule has 0 aliphatic heterocycles. The van der Waals surface area contributed by atoms with Crippen LogP contribution in [0.4, 0.5) is 5.95 Å². The molecule has 0 atom stereocenters. The molecule has 0 amide bonds. The number of anilines is 1.